The largest absolute Gasteiger partial charge is 0.411 e. The molecule has 1 saturated carbocycles. The van der Waals surface area contributed by atoms with Gasteiger partial charge in [-0.3, -0.25) is 0 Å². The maximum atomic E-state index is 9.11. The minimum atomic E-state index is 0. The molecular weight excluding hydrogens is 376 g/mol. The van der Waals surface area contributed by atoms with Gasteiger partial charge >= 0.3 is 0 Å². The van der Waals surface area contributed by atoms with E-state index in [2.05, 4.69) is 23.4 Å². The van der Waals surface area contributed by atoms with Crippen LogP contribution in [0.5, 0.6) is 0 Å². The number of oxime groups is 1. The molecule has 3 nitrogen and oxygen atoms in total. The quantitative estimate of drug-likeness (QED) is 0.443. The Hall–Kier alpha value is -0.428. The molecular formula is C12H15NO2Re. The summed E-state index contributed by atoms with van der Waals surface area (Å²) in [7, 11) is 1.68. The number of ether oxygens (including phenoxy) is 1. The minimum Gasteiger partial charge on any atom is -0.411 e. The van der Waals surface area contributed by atoms with Crippen molar-refractivity contribution in [1.82, 2.24) is 0 Å². The summed E-state index contributed by atoms with van der Waals surface area (Å²) >= 11 is 0. The van der Waals surface area contributed by atoms with Gasteiger partial charge in [-0.25, -0.2) is 0 Å². The summed E-state index contributed by atoms with van der Waals surface area (Å²) in [5.74, 6) is 2.20. The molecule has 0 aliphatic heterocycles. The maximum Gasteiger partial charge on any atom is 0.0890 e. The van der Waals surface area contributed by atoms with Crippen molar-refractivity contribution in [3.05, 3.63) is 23.8 Å². The molecule has 4 heteroatoms. The van der Waals surface area contributed by atoms with Crippen LogP contribution in [0, 0.1) is 23.7 Å². The molecule has 0 aromatic carbocycles. The Morgan fingerprint density at radius 1 is 1.44 bits per heavy atom. The molecule has 1 fully saturated rings. The summed E-state index contributed by atoms with van der Waals surface area (Å²) in [5, 5.41) is 12.6. The standard InChI is InChI=1S/C12H15NO2.Re/c1-15-6-9-5-10-7-2-3-8(4-7)11(10)12(9)13-14;/h2-3,5,7-8,10-11,14H,4,6H2,1H3;/b13-12+;. The predicted octanol–water partition coefficient (Wildman–Crippen LogP) is 1.84. The first-order valence-electron chi connectivity index (χ1n) is 5.45. The van der Waals surface area contributed by atoms with Gasteiger partial charge in [0, 0.05) is 33.5 Å². The van der Waals surface area contributed by atoms with Crippen LogP contribution >= 0.6 is 0 Å². The molecule has 1 radical (unpaired) electrons. The summed E-state index contributed by atoms with van der Waals surface area (Å²) in [5.41, 5.74) is 1.94. The zero-order valence-corrected chi connectivity index (χ0v) is 11.9. The van der Waals surface area contributed by atoms with Crippen LogP contribution in [-0.2, 0) is 25.2 Å². The number of rotatable bonds is 2. The van der Waals surface area contributed by atoms with Crippen LogP contribution in [0.4, 0.5) is 0 Å². The molecule has 2 bridgehead atoms. The van der Waals surface area contributed by atoms with E-state index in [0.29, 0.717) is 30.3 Å². The van der Waals surface area contributed by atoms with Gasteiger partial charge in [0.05, 0.1) is 12.3 Å². The molecule has 87 valence electrons. The molecule has 3 rings (SSSR count). The normalized spacial score (nSPS) is 41.1. The molecule has 0 spiro atoms. The monoisotopic (exact) mass is 392 g/mol. The molecule has 0 aromatic heterocycles. The molecule has 0 aromatic rings. The number of hydrogen-bond donors (Lipinski definition) is 1. The first-order chi connectivity index (χ1) is 7.35. The van der Waals surface area contributed by atoms with E-state index in [1.807, 2.05) is 0 Å². The minimum absolute atomic E-state index is 0. The SMILES string of the molecule is COCC1=CC2C3C=CC(C3)C2/C1=N/O.[Re]. The smallest absolute Gasteiger partial charge is 0.0890 e. The number of methoxy groups -OCH3 is 1. The zero-order valence-electron chi connectivity index (χ0n) is 9.14. The molecule has 1 N–H and O–H groups in total. The van der Waals surface area contributed by atoms with Crippen LogP contribution < -0.4 is 0 Å². The first kappa shape index (κ1) is 12.0. The van der Waals surface area contributed by atoms with Crippen LogP contribution in [0.3, 0.4) is 0 Å². The van der Waals surface area contributed by atoms with Crippen molar-refractivity contribution in [1.29, 1.82) is 0 Å². The third-order valence-corrected chi connectivity index (χ3v) is 3.97. The maximum absolute atomic E-state index is 9.11. The van der Waals surface area contributed by atoms with Gasteiger partial charge in [-0.05, 0) is 29.7 Å². The Balaban J connectivity index is 0.000000963. The van der Waals surface area contributed by atoms with Crippen LogP contribution in [0.15, 0.2) is 29.0 Å². The summed E-state index contributed by atoms with van der Waals surface area (Å²) in [6.07, 6.45) is 8.07. The van der Waals surface area contributed by atoms with Gasteiger partial charge in [0.25, 0.3) is 0 Å². The molecule has 0 amide bonds. The average molecular weight is 391 g/mol. The van der Waals surface area contributed by atoms with Crippen molar-refractivity contribution in [2.24, 2.45) is 28.8 Å². The third-order valence-electron chi connectivity index (χ3n) is 3.97. The van der Waals surface area contributed by atoms with Crippen molar-refractivity contribution < 1.29 is 30.4 Å². The Bertz CT molecular complexity index is 375. The number of nitrogens with zero attached hydrogens (tertiary/aromatic N) is 1. The van der Waals surface area contributed by atoms with Crippen molar-refractivity contribution in [3.8, 4) is 0 Å². The van der Waals surface area contributed by atoms with E-state index in [1.54, 1.807) is 7.11 Å². The Morgan fingerprint density at radius 3 is 2.88 bits per heavy atom. The average Bonchev–Trinajstić information content (AvgIpc) is 2.86. The van der Waals surface area contributed by atoms with Crippen molar-refractivity contribution in [2.75, 3.05) is 13.7 Å². The summed E-state index contributed by atoms with van der Waals surface area (Å²) in [4.78, 5) is 0. The van der Waals surface area contributed by atoms with Crippen LogP contribution in [0.2, 0.25) is 0 Å². The van der Waals surface area contributed by atoms with Gasteiger partial charge in [-0.15, -0.1) is 0 Å². The van der Waals surface area contributed by atoms with E-state index in [-0.39, 0.29) is 20.4 Å². The molecule has 16 heavy (non-hydrogen) atoms. The molecule has 3 aliphatic carbocycles. The fraction of sp³-hybridized carbons (Fsp3) is 0.583. The third kappa shape index (κ3) is 1.52. The van der Waals surface area contributed by atoms with E-state index in [1.165, 1.54) is 6.42 Å². The van der Waals surface area contributed by atoms with Crippen LogP contribution in [-0.4, -0.2) is 24.6 Å². The molecule has 0 heterocycles. The second kappa shape index (κ2) is 4.45. The van der Waals surface area contributed by atoms with E-state index in [9.17, 15) is 0 Å². The van der Waals surface area contributed by atoms with Crippen molar-refractivity contribution in [3.63, 3.8) is 0 Å². The summed E-state index contributed by atoms with van der Waals surface area (Å²) in [6.45, 7) is 0.561. The second-order valence-corrected chi connectivity index (χ2v) is 4.66. The Kier molecular flexibility index (Phi) is 3.35. The number of hydrogen-bond acceptors (Lipinski definition) is 3. The second-order valence-electron chi connectivity index (χ2n) is 4.66. The fourth-order valence-electron chi connectivity index (χ4n) is 3.41. The molecule has 4 unspecified atom stereocenters. The number of allylic oxidation sites excluding steroid dienone is 3. The van der Waals surface area contributed by atoms with Gasteiger partial charge < -0.3 is 9.94 Å². The zero-order chi connectivity index (χ0) is 10.4. The van der Waals surface area contributed by atoms with Gasteiger partial charge in [0.15, 0.2) is 0 Å². The van der Waals surface area contributed by atoms with Crippen LogP contribution in [0.1, 0.15) is 6.42 Å². The topological polar surface area (TPSA) is 41.8 Å². The fourth-order valence-corrected chi connectivity index (χ4v) is 3.41. The van der Waals surface area contributed by atoms with Gasteiger partial charge in [-0.2, -0.15) is 0 Å². The summed E-state index contributed by atoms with van der Waals surface area (Å²) < 4.78 is 5.13. The Labute approximate surface area is 109 Å². The van der Waals surface area contributed by atoms with Crippen molar-refractivity contribution in [2.45, 2.75) is 6.42 Å². The number of fused-ring (bicyclic) bond motifs is 5. The van der Waals surface area contributed by atoms with Gasteiger partial charge in [0.1, 0.15) is 0 Å². The van der Waals surface area contributed by atoms with E-state index in [4.69, 9.17) is 9.94 Å². The van der Waals surface area contributed by atoms with Crippen molar-refractivity contribution >= 4 is 5.71 Å². The van der Waals surface area contributed by atoms with E-state index >= 15 is 0 Å². The van der Waals surface area contributed by atoms with E-state index in [0.717, 1.165) is 11.3 Å². The molecule has 3 aliphatic rings. The van der Waals surface area contributed by atoms with Crippen LogP contribution in [0.25, 0.3) is 0 Å². The molecule has 4 atom stereocenters. The summed E-state index contributed by atoms with van der Waals surface area (Å²) in [6, 6.07) is 0. The van der Waals surface area contributed by atoms with Gasteiger partial charge in [-0.1, -0.05) is 23.4 Å². The molecule has 0 saturated heterocycles. The van der Waals surface area contributed by atoms with E-state index < -0.39 is 0 Å². The predicted molar refractivity (Wildman–Crippen MR) is 56.9 cm³/mol. The van der Waals surface area contributed by atoms with Gasteiger partial charge in [0.2, 0.25) is 0 Å². The Morgan fingerprint density at radius 2 is 2.19 bits per heavy atom. The first-order valence-corrected chi connectivity index (χ1v) is 5.45.